The third kappa shape index (κ3) is 4.23. The molecule has 106 valence electrons. The second-order valence-corrected chi connectivity index (χ2v) is 7.82. The maximum Gasteiger partial charge on any atom is 0.240 e. The number of rotatable bonds is 6. The van der Waals surface area contributed by atoms with Gasteiger partial charge in [-0.25, -0.2) is 8.42 Å². The van der Waals surface area contributed by atoms with Crippen LogP contribution in [0.3, 0.4) is 0 Å². The smallest absolute Gasteiger partial charge is 0.240 e. The zero-order valence-electron chi connectivity index (χ0n) is 10.9. The fraction of sp³-hybridized carbons (Fsp3) is 0.917. The Kier molecular flexibility index (Phi) is 6.63. The highest BCUT2D eigenvalue weighted by atomic mass is 79.9. The lowest BCUT2D eigenvalue weighted by Gasteiger charge is -2.28. The van der Waals surface area contributed by atoms with Crippen molar-refractivity contribution in [1.82, 2.24) is 4.90 Å². The van der Waals surface area contributed by atoms with E-state index in [1.807, 2.05) is 0 Å². The van der Waals surface area contributed by atoms with E-state index >= 15 is 0 Å². The van der Waals surface area contributed by atoms with Gasteiger partial charge in [-0.3, -0.25) is 4.79 Å². The first-order valence-electron chi connectivity index (χ1n) is 6.59. The topological polar surface area (TPSA) is 54.5 Å². The molecule has 1 aliphatic rings. The Morgan fingerprint density at radius 2 is 2.06 bits per heavy atom. The van der Waals surface area contributed by atoms with Gasteiger partial charge in [-0.05, 0) is 19.3 Å². The third-order valence-electron chi connectivity index (χ3n) is 3.30. The van der Waals surface area contributed by atoms with Gasteiger partial charge >= 0.3 is 0 Å². The number of carbonyl (C=O) groups excluding carboxylic acids is 1. The average Bonchev–Trinajstić information content (AvgIpc) is 2.33. The quantitative estimate of drug-likeness (QED) is 0.695. The molecule has 1 aliphatic heterocycles. The first kappa shape index (κ1) is 16.0. The van der Waals surface area contributed by atoms with Crippen molar-refractivity contribution in [2.75, 3.05) is 24.2 Å². The molecule has 0 aromatic rings. The maximum absolute atomic E-state index is 12.3. The van der Waals surface area contributed by atoms with Crippen LogP contribution in [0.4, 0.5) is 0 Å². The van der Waals surface area contributed by atoms with Crippen LogP contribution in [0.15, 0.2) is 0 Å². The molecule has 1 heterocycles. The molecule has 1 fully saturated rings. The van der Waals surface area contributed by atoms with E-state index in [0.717, 1.165) is 19.3 Å². The Hall–Kier alpha value is -0.100. The summed E-state index contributed by atoms with van der Waals surface area (Å²) in [6, 6.07) is 0. The van der Waals surface area contributed by atoms with Gasteiger partial charge < -0.3 is 4.90 Å². The minimum Gasteiger partial charge on any atom is -0.341 e. The molecule has 1 saturated heterocycles. The van der Waals surface area contributed by atoms with Crippen molar-refractivity contribution in [2.45, 2.75) is 44.3 Å². The Morgan fingerprint density at radius 1 is 1.33 bits per heavy atom. The lowest BCUT2D eigenvalue weighted by Crippen LogP contribution is -2.46. The van der Waals surface area contributed by atoms with Gasteiger partial charge in [-0.15, -0.1) is 0 Å². The highest BCUT2D eigenvalue weighted by Crippen LogP contribution is 2.21. The molecule has 1 unspecified atom stereocenters. The zero-order chi connectivity index (χ0) is 13.6. The first-order chi connectivity index (χ1) is 8.53. The number of unbranched alkanes of at least 4 members (excludes halogenated alkanes) is 1. The normalized spacial score (nSPS) is 22.7. The number of nitrogens with zero attached hydrogens (tertiary/aromatic N) is 1. The number of carbonyl (C=O) groups is 1. The van der Waals surface area contributed by atoms with Crippen LogP contribution in [-0.4, -0.2) is 48.6 Å². The molecule has 0 spiro atoms. The van der Waals surface area contributed by atoms with Gasteiger partial charge in [0.15, 0.2) is 9.84 Å². The summed E-state index contributed by atoms with van der Waals surface area (Å²) in [6.07, 6.45) is 3.95. The summed E-state index contributed by atoms with van der Waals surface area (Å²) >= 11 is 3.32. The predicted octanol–water partition coefficient (Wildman–Crippen LogP) is 1.98. The predicted molar refractivity (Wildman–Crippen MR) is 76.7 cm³/mol. The van der Waals surface area contributed by atoms with Crippen LogP contribution in [0.5, 0.6) is 0 Å². The second-order valence-electron chi connectivity index (χ2n) is 4.72. The molecule has 1 rings (SSSR count). The van der Waals surface area contributed by atoms with E-state index in [1.54, 1.807) is 4.90 Å². The summed E-state index contributed by atoms with van der Waals surface area (Å²) in [6.45, 7) is 3.31. The molecule has 0 aromatic heterocycles. The summed E-state index contributed by atoms with van der Waals surface area (Å²) in [5, 5.41) is -0.1000. The van der Waals surface area contributed by atoms with Crippen molar-refractivity contribution < 1.29 is 13.2 Å². The Morgan fingerprint density at radius 3 is 2.61 bits per heavy atom. The molecule has 0 radical (unpaired) electrons. The van der Waals surface area contributed by atoms with E-state index in [4.69, 9.17) is 0 Å². The lowest BCUT2D eigenvalue weighted by molar-refractivity contribution is -0.130. The summed E-state index contributed by atoms with van der Waals surface area (Å²) in [5.41, 5.74) is 0. The fourth-order valence-electron chi connectivity index (χ4n) is 2.22. The van der Waals surface area contributed by atoms with Crippen LogP contribution in [-0.2, 0) is 14.6 Å². The van der Waals surface area contributed by atoms with Crippen LogP contribution in [0.25, 0.3) is 0 Å². The Balaban J connectivity index is 2.74. The number of halogens is 1. The molecule has 1 amide bonds. The van der Waals surface area contributed by atoms with E-state index in [0.29, 0.717) is 31.3 Å². The zero-order valence-corrected chi connectivity index (χ0v) is 13.3. The van der Waals surface area contributed by atoms with Crippen LogP contribution < -0.4 is 0 Å². The number of alkyl halides is 1. The maximum atomic E-state index is 12.3. The molecule has 4 nitrogen and oxygen atoms in total. The number of sulfone groups is 1. The van der Waals surface area contributed by atoms with Gasteiger partial charge in [0.2, 0.25) is 5.91 Å². The molecule has 6 heteroatoms. The molecule has 0 aromatic carbocycles. The van der Waals surface area contributed by atoms with E-state index < -0.39 is 15.1 Å². The van der Waals surface area contributed by atoms with Gasteiger partial charge in [0, 0.05) is 18.4 Å². The minimum absolute atomic E-state index is 0.166. The van der Waals surface area contributed by atoms with Gasteiger partial charge in [-0.1, -0.05) is 35.7 Å². The van der Waals surface area contributed by atoms with Crippen molar-refractivity contribution in [3.63, 3.8) is 0 Å². The van der Waals surface area contributed by atoms with Crippen LogP contribution >= 0.6 is 15.9 Å². The molecular formula is C12H22BrNO3S. The van der Waals surface area contributed by atoms with Gasteiger partial charge in [0.1, 0.15) is 5.25 Å². The van der Waals surface area contributed by atoms with Crippen LogP contribution in [0, 0.1) is 0 Å². The molecule has 0 bridgehead atoms. The summed E-state index contributed by atoms with van der Waals surface area (Å²) in [4.78, 5) is 14.0. The molecule has 0 N–H and O–H groups in total. The monoisotopic (exact) mass is 339 g/mol. The third-order valence-corrected chi connectivity index (χ3v) is 5.82. The number of hydrogen-bond acceptors (Lipinski definition) is 3. The van der Waals surface area contributed by atoms with E-state index in [1.165, 1.54) is 0 Å². The summed E-state index contributed by atoms with van der Waals surface area (Å²) < 4.78 is 23.9. The molecule has 1 atom stereocenters. The van der Waals surface area contributed by atoms with E-state index in [2.05, 4.69) is 22.9 Å². The highest BCUT2D eigenvalue weighted by molar-refractivity contribution is 9.09. The van der Waals surface area contributed by atoms with Crippen molar-refractivity contribution in [1.29, 1.82) is 0 Å². The number of amides is 1. The van der Waals surface area contributed by atoms with Gasteiger partial charge in [0.05, 0.1) is 5.75 Å². The van der Waals surface area contributed by atoms with Gasteiger partial charge in [-0.2, -0.15) is 0 Å². The standard InChI is InChI=1S/C12H22BrNO3S/c1-2-3-8-14(9-7-13)12(15)11-6-4-5-10-18(11,16)17/h11H,2-10H2,1H3. The second kappa shape index (κ2) is 7.48. The van der Waals surface area contributed by atoms with Crippen LogP contribution in [0.1, 0.15) is 39.0 Å². The Labute approximate surface area is 118 Å². The number of hydrogen-bond donors (Lipinski definition) is 0. The van der Waals surface area contributed by atoms with Crippen LogP contribution in [0.2, 0.25) is 0 Å². The van der Waals surface area contributed by atoms with Crippen molar-refractivity contribution >= 4 is 31.7 Å². The lowest BCUT2D eigenvalue weighted by atomic mass is 10.1. The van der Waals surface area contributed by atoms with Crippen molar-refractivity contribution in [3.8, 4) is 0 Å². The summed E-state index contributed by atoms with van der Waals surface area (Å²) in [7, 11) is -3.22. The van der Waals surface area contributed by atoms with Crippen molar-refractivity contribution in [2.24, 2.45) is 0 Å². The summed E-state index contributed by atoms with van der Waals surface area (Å²) in [5.74, 6) is -0.0260. The van der Waals surface area contributed by atoms with E-state index in [9.17, 15) is 13.2 Å². The average molecular weight is 340 g/mol. The van der Waals surface area contributed by atoms with Gasteiger partial charge in [0.25, 0.3) is 0 Å². The van der Waals surface area contributed by atoms with E-state index in [-0.39, 0.29) is 11.7 Å². The minimum atomic E-state index is -3.22. The SMILES string of the molecule is CCCCN(CCBr)C(=O)C1CCCCS1(=O)=O. The molecular weight excluding hydrogens is 318 g/mol. The first-order valence-corrected chi connectivity index (χ1v) is 9.43. The molecule has 0 aliphatic carbocycles. The highest BCUT2D eigenvalue weighted by Gasteiger charge is 2.36. The molecule has 0 saturated carbocycles. The fourth-order valence-corrected chi connectivity index (χ4v) is 4.52. The van der Waals surface area contributed by atoms with Crippen molar-refractivity contribution in [3.05, 3.63) is 0 Å². The molecule has 18 heavy (non-hydrogen) atoms. The Bertz CT molecular complexity index is 370. The largest absolute Gasteiger partial charge is 0.341 e.